The van der Waals surface area contributed by atoms with Gasteiger partial charge in [0.25, 0.3) is 0 Å². The van der Waals surface area contributed by atoms with Gasteiger partial charge in [-0.2, -0.15) is 0 Å². The zero-order chi connectivity index (χ0) is 58.7. The van der Waals surface area contributed by atoms with E-state index in [1.807, 2.05) is 159 Å². The average Bonchev–Trinajstić information content (AvgIpc) is 3.13. The van der Waals surface area contributed by atoms with Crippen LogP contribution in [0.2, 0.25) is 0 Å². The Bertz CT molecular complexity index is 2770. The maximum absolute atomic E-state index is 14.2. The SMILES string of the molecule is C[C@@H]1O[C@@H](O[C@@H]2[C@@H](NC(=O)OCC(Cl)(Cl)Cl)[C@H](OCCCCCN=[N+]=[N-])O[C@H](COCc3ccccc3)[C@H]2O[C@@H]2O[C@@H]3CO[C@H](c4ccccc4)O[C@@H]3[C@H](O)[C@H]2O)[C@@H](OCc2ccccc2)[C@H](OCc2ccccc2)[C@@H]1OCc1ccccc1. The quantitative estimate of drug-likeness (QED) is 0.0146. The molecule has 0 radical (unpaired) electrons. The minimum atomic E-state index is -2.00. The lowest BCUT2D eigenvalue weighted by molar-refractivity contribution is -0.394. The summed E-state index contributed by atoms with van der Waals surface area (Å²) < 4.78 is 84.2. The number of halogens is 3. The van der Waals surface area contributed by atoms with Crippen LogP contribution in [0.1, 0.15) is 60.3 Å². The maximum atomic E-state index is 14.2. The second-order valence-corrected chi connectivity index (χ2v) is 23.2. The van der Waals surface area contributed by atoms with E-state index in [0.29, 0.717) is 24.8 Å². The van der Waals surface area contributed by atoms with Gasteiger partial charge in [0.1, 0.15) is 73.7 Å². The van der Waals surface area contributed by atoms with Gasteiger partial charge in [-0.25, -0.2) is 4.79 Å². The smallest absolute Gasteiger partial charge is 0.407 e. The molecule has 1 amide bonds. The fourth-order valence-corrected chi connectivity index (χ4v) is 10.5. The van der Waals surface area contributed by atoms with Gasteiger partial charge >= 0.3 is 6.09 Å². The van der Waals surface area contributed by atoms with Crippen molar-refractivity contribution in [1.82, 2.24) is 5.32 Å². The Labute approximate surface area is 503 Å². The van der Waals surface area contributed by atoms with Crippen LogP contribution < -0.4 is 5.32 Å². The number of nitrogens with zero attached hydrogens (tertiary/aromatic N) is 3. The van der Waals surface area contributed by atoms with E-state index in [1.54, 1.807) is 0 Å². The number of ether oxygens (including phenoxy) is 13. The normalized spacial score (nSPS) is 29.7. The van der Waals surface area contributed by atoms with E-state index < -0.39 is 115 Å². The second kappa shape index (κ2) is 32.1. The molecule has 23 heteroatoms. The molecule has 5 aromatic rings. The fraction of sp³-hybridized carbons (Fsp3) is 0.492. The van der Waals surface area contributed by atoms with Gasteiger partial charge in [-0.3, -0.25) is 0 Å². The largest absolute Gasteiger partial charge is 0.445 e. The second-order valence-electron chi connectivity index (χ2n) is 20.7. The average molecular weight is 1220 g/mol. The van der Waals surface area contributed by atoms with Crippen LogP contribution in [0.3, 0.4) is 0 Å². The lowest BCUT2D eigenvalue weighted by Crippen LogP contribution is -2.70. The number of hydrogen-bond donors (Lipinski definition) is 3. The number of carbonyl (C=O) groups is 1. The van der Waals surface area contributed by atoms with Crippen molar-refractivity contribution in [2.45, 2.75) is 155 Å². The van der Waals surface area contributed by atoms with Crippen molar-refractivity contribution in [2.24, 2.45) is 5.11 Å². The number of aliphatic hydroxyl groups is 2. The molecule has 16 atom stereocenters. The van der Waals surface area contributed by atoms with E-state index in [-0.39, 0.29) is 52.8 Å². The molecule has 4 saturated heterocycles. The number of benzene rings is 5. The molecular weight excluding hydrogens is 1150 g/mol. The zero-order valence-electron chi connectivity index (χ0n) is 46.2. The molecule has 84 heavy (non-hydrogen) atoms. The van der Waals surface area contributed by atoms with E-state index in [4.69, 9.17) is 102 Å². The molecule has 0 spiro atoms. The Morgan fingerprint density at radius 2 is 1.19 bits per heavy atom. The van der Waals surface area contributed by atoms with E-state index in [0.717, 1.165) is 22.3 Å². The van der Waals surface area contributed by atoms with Gasteiger partial charge < -0.3 is 77.1 Å². The molecule has 20 nitrogen and oxygen atoms in total. The summed E-state index contributed by atoms with van der Waals surface area (Å²) in [7, 11) is 0. The lowest BCUT2D eigenvalue weighted by Gasteiger charge is -2.52. The van der Waals surface area contributed by atoms with Gasteiger partial charge in [-0.15, -0.1) is 0 Å². The molecule has 0 unspecified atom stereocenters. The van der Waals surface area contributed by atoms with E-state index in [1.165, 1.54) is 0 Å². The van der Waals surface area contributed by atoms with Crippen LogP contribution >= 0.6 is 34.8 Å². The maximum Gasteiger partial charge on any atom is 0.407 e. The number of azide groups is 1. The van der Waals surface area contributed by atoms with E-state index in [2.05, 4.69) is 15.3 Å². The highest BCUT2D eigenvalue weighted by molar-refractivity contribution is 6.67. The summed E-state index contributed by atoms with van der Waals surface area (Å²) in [5.41, 5.74) is 13.1. The molecule has 0 saturated carbocycles. The summed E-state index contributed by atoms with van der Waals surface area (Å²) in [5, 5.41) is 30.6. The molecule has 4 fully saturated rings. The number of alkyl carbamates (subject to hydrolysis) is 1. The van der Waals surface area contributed by atoms with Crippen LogP contribution in [0, 0.1) is 0 Å². The first kappa shape index (κ1) is 63.5. The van der Waals surface area contributed by atoms with Gasteiger partial charge in [-0.1, -0.05) is 198 Å². The minimum absolute atomic E-state index is 0.0529. The first-order valence-electron chi connectivity index (χ1n) is 28.1. The highest BCUT2D eigenvalue weighted by atomic mass is 35.6. The summed E-state index contributed by atoms with van der Waals surface area (Å²) in [5.74, 6) is 0. The van der Waals surface area contributed by atoms with Gasteiger partial charge in [0.15, 0.2) is 25.2 Å². The van der Waals surface area contributed by atoms with Crippen LogP contribution in [-0.2, 0) is 88.0 Å². The highest BCUT2D eigenvalue weighted by Crippen LogP contribution is 2.39. The third kappa shape index (κ3) is 18.3. The number of rotatable bonds is 27. The molecule has 0 bridgehead atoms. The van der Waals surface area contributed by atoms with Crippen molar-refractivity contribution in [1.29, 1.82) is 0 Å². The number of hydrogen-bond acceptors (Lipinski definition) is 17. The molecule has 4 aliphatic rings. The number of fused-ring (bicyclic) bond motifs is 1. The van der Waals surface area contributed by atoms with Crippen LogP contribution in [0.15, 0.2) is 157 Å². The summed E-state index contributed by atoms with van der Waals surface area (Å²) in [6.07, 6.45) is -17.4. The first-order chi connectivity index (χ1) is 40.9. The summed E-state index contributed by atoms with van der Waals surface area (Å²) in [6.45, 7) is 1.85. The van der Waals surface area contributed by atoms with Crippen molar-refractivity contribution < 1.29 is 76.6 Å². The Morgan fingerprint density at radius 3 is 1.79 bits per heavy atom. The number of amides is 1. The zero-order valence-corrected chi connectivity index (χ0v) is 48.5. The van der Waals surface area contributed by atoms with Gasteiger partial charge in [0, 0.05) is 23.6 Å². The summed E-state index contributed by atoms with van der Waals surface area (Å²) in [4.78, 5) is 17.0. The van der Waals surface area contributed by atoms with Gasteiger partial charge in [0.05, 0.1) is 45.7 Å². The molecule has 5 aromatic carbocycles. The minimum Gasteiger partial charge on any atom is -0.445 e. The molecule has 4 heterocycles. The molecule has 9 rings (SSSR count). The molecule has 3 N–H and O–H groups in total. The number of alkyl halides is 3. The van der Waals surface area contributed by atoms with Gasteiger partial charge in [0.2, 0.25) is 3.79 Å². The Morgan fingerprint density at radius 1 is 0.631 bits per heavy atom. The van der Waals surface area contributed by atoms with Crippen molar-refractivity contribution in [3.05, 3.63) is 190 Å². The van der Waals surface area contributed by atoms with E-state index in [9.17, 15) is 15.0 Å². The Kier molecular flexibility index (Phi) is 24.3. The molecule has 0 aliphatic carbocycles. The molecule has 452 valence electrons. The standard InChI is InChI=1S/C61H71Cl3N4O16/c1-39-50(74-33-41-22-10-3-11-23-41)54(75-34-42-24-12-4-13-25-42)55(76-35-43-26-14-5-15-27-43)59(79-39)84-53-47(67-60(71)78-38-61(62,63)64)57(73-31-19-7-18-30-66-68-65)80-45(36-72-32-40-20-8-2-9-21-40)52(53)83-58-49(70)48(69)51-46(81-58)37-77-56(82-51)44-28-16-6-17-29-44/h2-6,8-17,20-29,39,45-59,69-70H,7,18-19,30-38H2,1H3,(H,67,71)/t39-,45+,46+,47+,48+,49+,50+,51-,52+,53+,54+,55-,56-,57+,58-,59-/m0/s1. The lowest BCUT2D eigenvalue weighted by atomic mass is 9.94. The fourth-order valence-electron chi connectivity index (χ4n) is 10.3. The van der Waals surface area contributed by atoms with Crippen molar-refractivity contribution >= 4 is 40.9 Å². The third-order valence-corrected chi connectivity index (χ3v) is 14.8. The van der Waals surface area contributed by atoms with Crippen LogP contribution in [0.5, 0.6) is 0 Å². The Hall–Kier alpha value is -5.01. The molecule has 4 aliphatic heterocycles. The van der Waals surface area contributed by atoms with Crippen LogP contribution in [0.4, 0.5) is 4.79 Å². The van der Waals surface area contributed by atoms with Gasteiger partial charge in [-0.05, 0) is 47.6 Å². The molecule has 0 aromatic heterocycles. The Balaban J connectivity index is 1.11. The number of carbonyl (C=O) groups excluding carboxylic acids is 1. The highest BCUT2D eigenvalue weighted by Gasteiger charge is 2.57. The van der Waals surface area contributed by atoms with Crippen LogP contribution in [-0.4, -0.2) is 145 Å². The monoisotopic (exact) mass is 1220 g/mol. The summed E-state index contributed by atoms with van der Waals surface area (Å²) in [6, 6.07) is 46.2. The third-order valence-electron chi connectivity index (χ3n) is 14.5. The van der Waals surface area contributed by atoms with E-state index >= 15 is 0 Å². The topological polar surface area (TPSA) is 238 Å². The van der Waals surface area contributed by atoms with Crippen LogP contribution in [0.25, 0.3) is 10.4 Å². The number of nitrogens with one attached hydrogen (secondary N) is 1. The predicted octanol–water partition coefficient (Wildman–Crippen LogP) is 9.72. The van der Waals surface area contributed by atoms with Crippen molar-refractivity contribution in [3.8, 4) is 0 Å². The number of unbranched alkanes of at least 4 members (excludes halogenated alkanes) is 2. The van der Waals surface area contributed by atoms with Crippen molar-refractivity contribution in [3.63, 3.8) is 0 Å². The summed E-state index contributed by atoms with van der Waals surface area (Å²) >= 11 is 18.3. The molecular formula is C61H71Cl3N4O16. The van der Waals surface area contributed by atoms with Crippen molar-refractivity contribution in [2.75, 3.05) is 33.0 Å². The first-order valence-corrected chi connectivity index (χ1v) is 29.2. The predicted molar refractivity (Wildman–Crippen MR) is 307 cm³/mol. The number of aliphatic hydroxyl groups excluding tert-OH is 2.